The highest BCUT2D eigenvalue weighted by Crippen LogP contribution is 2.70. The second-order valence-corrected chi connectivity index (χ2v) is 9.87. The summed E-state index contributed by atoms with van der Waals surface area (Å²) in [7, 11) is 0. The molecule has 4 bridgehead atoms. The summed E-state index contributed by atoms with van der Waals surface area (Å²) >= 11 is 0. The normalized spacial score (nSPS) is 47.6. The second-order valence-electron chi connectivity index (χ2n) is 9.87. The third kappa shape index (κ3) is 2.91. The van der Waals surface area contributed by atoms with E-state index >= 15 is 0 Å². The number of rotatable bonds is 6. The van der Waals surface area contributed by atoms with E-state index in [1.54, 1.807) is 0 Å². The molecule has 122 valence electrons. The highest BCUT2D eigenvalue weighted by molar-refractivity contribution is 5.11. The van der Waals surface area contributed by atoms with E-state index < -0.39 is 0 Å². The molecule has 2 nitrogen and oxygen atoms in total. The fraction of sp³-hybridized carbons (Fsp3) is 1.00. The molecule has 4 rings (SSSR count). The first-order valence-corrected chi connectivity index (χ1v) is 9.27. The van der Waals surface area contributed by atoms with E-state index in [4.69, 9.17) is 5.84 Å². The molecule has 0 aromatic heterocycles. The van der Waals surface area contributed by atoms with Crippen LogP contribution in [0.3, 0.4) is 0 Å². The van der Waals surface area contributed by atoms with Crippen molar-refractivity contribution in [3.8, 4) is 0 Å². The molecule has 0 aliphatic heterocycles. The summed E-state index contributed by atoms with van der Waals surface area (Å²) in [5.74, 6) is 7.65. The Morgan fingerprint density at radius 1 is 1.10 bits per heavy atom. The van der Waals surface area contributed by atoms with Crippen LogP contribution in [0.25, 0.3) is 0 Å². The maximum absolute atomic E-state index is 5.95. The summed E-state index contributed by atoms with van der Waals surface area (Å²) in [5.41, 5.74) is 5.02. The molecule has 4 atom stereocenters. The maximum Gasteiger partial charge on any atom is 0.0241 e. The molecule has 4 aliphatic rings. The van der Waals surface area contributed by atoms with E-state index in [-0.39, 0.29) is 0 Å². The second kappa shape index (κ2) is 5.23. The van der Waals surface area contributed by atoms with E-state index in [9.17, 15) is 0 Å². The van der Waals surface area contributed by atoms with Gasteiger partial charge < -0.3 is 0 Å². The zero-order valence-corrected chi connectivity index (χ0v) is 14.7. The zero-order valence-electron chi connectivity index (χ0n) is 14.7. The van der Waals surface area contributed by atoms with Crippen LogP contribution in [0.5, 0.6) is 0 Å². The van der Waals surface area contributed by atoms with Crippen LogP contribution in [0.2, 0.25) is 0 Å². The lowest BCUT2D eigenvalue weighted by atomic mass is 9.39. The molecule has 0 saturated heterocycles. The molecule has 0 spiro atoms. The van der Waals surface area contributed by atoms with E-state index in [1.807, 2.05) is 0 Å². The maximum atomic E-state index is 5.95. The van der Waals surface area contributed by atoms with E-state index in [1.165, 1.54) is 57.8 Å². The van der Waals surface area contributed by atoms with Crippen LogP contribution < -0.4 is 11.3 Å². The average molecular weight is 293 g/mol. The SMILES string of the molecule is CCCC(C)C(CC12CC3CC(C)(CC(C)(C3)C1)C2)NN. The molecular weight excluding hydrogens is 256 g/mol. The Bertz CT molecular complexity index is 373. The van der Waals surface area contributed by atoms with Crippen LogP contribution in [0, 0.1) is 28.1 Å². The predicted molar refractivity (Wildman–Crippen MR) is 89.6 cm³/mol. The summed E-state index contributed by atoms with van der Waals surface area (Å²) in [5, 5.41) is 0. The van der Waals surface area contributed by atoms with Crippen molar-refractivity contribution in [1.29, 1.82) is 0 Å². The summed E-state index contributed by atoms with van der Waals surface area (Å²) in [6.07, 6.45) is 12.7. The van der Waals surface area contributed by atoms with Gasteiger partial charge in [0.2, 0.25) is 0 Å². The predicted octanol–water partition coefficient (Wildman–Crippen LogP) is 4.64. The first-order valence-electron chi connectivity index (χ1n) is 9.27. The minimum absolute atomic E-state index is 0.508. The highest BCUT2D eigenvalue weighted by Gasteiger charge is 2.60. The molecule has 3 N–H and O–H groups in total. The summed E-state index contributed by atoms with van der Waals surface area (Å²) in [4.78, 5) is 0. The minimum Gasteiger partial charge on any atom is -0.271 e. The number of hydrogen-bond donors (Lipinski definition) is 2. The zero-order chi connectivity index (χ0) is 15.3. The number of hydrogen-bond acceptors (Lipinski definition) is 2. The molecule has 0 aromatic rings. The Kier molecular flexibility index (Phi) is 3.94. The van der Waals surface area contributed by atoms with Crippen molar-refractivity contribution in [2.45, 2.75) is 91.5 Å². The highest BCUT2D eigenvalue weighted by atomic mass is 15.2. The Hall–Kier alpha value is -0.0800. The monoisotopic (exact) mass is 292 g/mol. The molecule has 4 unspecified atom stereocenters. The van der Waals surface area contributed by atoms with E-state index in [2.05, 4.69) is 33.1 Å². The van der Waals surface area contributed by atoms with Gasteiger partial charge in [0, 0.05) is 6.04 Å². The molecule has 4 saturated carbocycles. The van der Waals surface area contributed by atoms with Gasteiger partial charge >= 0.3 is 0 Å². The van der Waals surface area contributed by atoms with Crippen molar-refractivity contribution in [3.63, 3.8) is 0 Å². The third-order valence-electron chi connectivity index (χ3n) is 7.04. The van der Waals surface area contributed by atoms with Gasteiger partial charge in [-0.05, 0) is 79.4 Å². The van der Waals surface area contributed by atoms with Gasteiger partial charge in [-0.1, -0.05) is 34.1 Å². The molecule has 2 heteroatoms. The first-order chi connectivity index (χ1) is 9.81. The van der Waals surface area contributed by atoms with Gasteiger partial charge in [0.05, 0.1) is 0 Å². The smallest absolute Gasteiger partial charge is 0.0241 e. The molecule has 21 heavy (non-hydrogen) atoms. The molecule has 0 heterocycles. The van der Waals surface area contributed by atoms with Gasteiger partial charge in [0.1, 0.15) is 0 Å². The van der Waals surface area contributed by atoms with Crippen molar-refractivity contribution < 1.29 is 0 Å². The molecule has 4 aliphatic carbocycles. The number of nitrogens with two attached hydrogens (primary N) is 1. The van der Waals surface area contributed by atoms with Crippen molar-refractivity contribution in [3.05, 3.63) is 0 Å². The lowest BCUT2D eigenvalue weighted by Gasteiger charge is -2.66. The van der Waals surface area contributed by atoms with E-state index in [0.717, 1.165) is 5.92 Å². The molecular formula is C19H36N2. The van der Waals surface area contributed by atoms with E-state index in [0.29, 0.717) is 28.2 Å². The fourth-order valence-corrected chi connectivity index (χ4v) is 7.46. The van der Waals surface area contributed by atoms with Crippen molar-refractivity contribution >= 4 is 0 Å². The third-order valence-corrected chi connectivity index (χ3v) is 7.04. The molecule has 0 amide bonds. The van der Waals surface area contributed by atoms with Gasteiger partial charge in [-0.15, -0.1) is 0 Å². The Morgan fingerprint density at radius 2 is 1.71 bits per heavy atom. The van der Waals surface area contributed by atoms with Gasteiger partial charge in [0.15, 0.2) is 0 Å². The van der Waals surface area contributed by atoms with Crippen LogP contribution in [0.1, 0.15) is 85.5 Å². The Labute approximate surface area is 131 Å². The van der Waals surface area contributed by atoms with Crippen LogP contribution in [-0.4, -0.2) is 6.04 Å². The largest absolute Gasteiger partial charge is 0.271 e. The van der Waals surface area contributed by atoms with Gasteiger partial charge in [-0.2, -0.15) is 0 Å². The topological polar surface area (TPSA) is 38.0 Å². The fourth-order valence-electron chi connectivity index (χ4n) is 7.46. The number of nitrogens with one attached hydrogen (secondary N) is 1. The average Bonchev–Trinajstić information content (AvgIpc) is 2.31. The molecule has 4 fully saturated rings. The van der Waals surface area contributed by atoms with Crippen LogP contribution >= 0.6 is 0 Å². The standard InChI is InChI=1S/C19H36N2/c1-5-6-14(2)16(21-20)10-19-9-15-7-17(3,12-19)11-18(4,8-15)13-19/h14-16,21H,5-13,20H2,1-4H3. The van der Waals surface area contributed by atoms with Gasteiger partial charge in [0.25, 0.3) is 0 Å². The van der Waals surface area contributed by atoms with Gasteiger partial charge in [-0.25, -0.2) is 0 Å². The molecule has 0 aromatic carbocycles. The summed E-state index contributed by atoms with van der Waals surface area (Å²) in [6.45, 7) is 9.82. The summed E-state index contributed by atoms with van der Waals surface area (Å²) in [6, 6.07) is 0.508. The Balaban J connectivity index is 1.78. The van der Waals surface area contributed by atoms with Crippen molar-refractivity contribution in [1.82, 2.24) is 5.43 Å². The van der Waals surface area contributed by atoms with Crippen LogP contribution in [0.4, 0.5) is 0 Å². The first kappa shape index (κ1) is 15.8. The minimum atomic E-state index is 0.508. The summed E-state index contributed by atoms with van der Waals surface area (Å²) < 4.78 is 0. The Morgan fingerprint density at radius 3 is 2.19 bits per heavy atom. The lowest BCUT2D eigenvalue weighted by Crippen LogP contribution is -2.57. The van der Waals surface area contributed by atoms with Crippen molar-refractivity contribution in [2.24, 2.45) is 33.9 Å². The van der Waals surface area contributed by atoms with Gasteiger partial charge in [-0.3, -0.25) is 11.3 Å². The quantitative estimate of drug-likeness (QED) is 0.553. The van der Waals surface area contributed by atoms with Crippen molar-refractivity contribution in [2.75, 3.05) is 0 Å². The lowest BCUT2D eigenvalue weighted by molar-refractivity contribution is -0.151. The van der Waals surface area contributed by atoms with Crippen LogP contribution in [0.15, 0.2) is 0 Å². The van der Waals surface area contributed by atoms with Crippen LogP contribution in [-0.2, 0) is 0 Å². The molecule has 0 radical (unpaired) electrons. The number of hydrazine groups is 1.